The molecule has 0 atom stereocenters. The Morgan fingerprint density at radius 1 is 1.09 bits per heavy atom. The second kappa shape index (κ2) is 7.40. The molecule has 0 N–H and O–H groups in total. The summed E-state index contributed by atoms with van der Waals surface area (Å²) in [6, 6.07) is 3.76. The molecule has 1 saturated carbocycles. The number of carbonyl (C=O) groups excluding carboxylic acids is 2. The molecule has 2 aliphatic rings. The third kappa shape index (κ3) is 3.97. The van der Waals surface area contributed by atoms with Gasteiger partial charge in [-0.15, -0.1) is 0 Å². The van der Waals surface area contributed by atoms with Gasteiger partial charge >= 0.3 is 0 Å². The van der Waals surface area contributed by atoms with E-state index in [-0.39, 0.29) is 11.8 Å². The van der Waals surface area contributed by atoms with Crippen LogP contribution in [-0.2, 0) is 9.59 Å². The van der Waals surface area contributed by atoms with Gasteiger partial charge in [-0.05, 0) is 30.5 Å². The first kappa shape index (κ1) is 15.7. The van der Waals surface area contributed by atoms with E-state index in [9.17, 15) is 9.59 Å². The summed E-state index contributed by atoms with van der Waals surface area (Å²) >= 11 is 0. The molecule has 23 heavy (non-hydrogen) atoms. The number of carbonyl (C=O) groups is 2. The van der Waals surface area contributed by atoms with Crippen LogP contribution in [0.2, 0.25) is 0 Å². The fraction of sp³-hybridized carbons (Fsp3) is 0.500. The lowest BCUT2D eigenvalue weighted by molar-refractivity contribution is -0.140. The number of nitrogens with zero attached hydrogens (tertiary/aromatic N) is 3. The number of piperazine rings is 1. The Hall–Kier alpha value is -2.17. The van der Waals surface area contributed by atoms with Crippen LogP contribution in [0.3, 0.4) is 0 Å². The first-order valence-corrected chi connectivity index (χ1v) is 8.40. The first-order valence-electron chi connectivity index (χ1n) is 8.40. The van der Waals surface area contributed by atoms with Crippen LogP contribution in [0, 0.1) is 5.92 Å². The molecule has 1 saturated heterocycles. The molecule has 0 unspecified atom stereocenters. The largest absolute Gasteiger partial charge is 0.339 e. The molecular formula is C18H23N3O2. The van der Waals surface area contributed by atoms with Gasteiger partial charge in [0.05, 0.1) is 0 Å². The molecule has 2 fully saturated rings. The van der Waals surface area contributed by atoms with Crippen molar-refractivity contribution in [2.45, 2.75) is 25.7 Å². The summed E-state index contributed by atoms with van der Waals surface area (Å²) in [5.74, 6) is 0.519. The summed E-state index contributed by atoms with van der Waals surface area (Å²) in [5, 5.41) is 0. The van der Waals surface area contributed by atoms with Gasteiger partial charge in [-0.3, -0.25) is 14.6 Å². The zero-order valence-electron chi connectivity index (χ0n) is 13.4. The summed E-state index contributed by atoms with van der Waals surface area (Å²) in [6.45, 7) is 2.55. The van der Waals surface area contributed by atoms with E-state index in [1.165, 1.54) is 12.8 Å². The second-order valence-corrected chi connectivity index (χ2v) is 6.25. The van der Waals surface area contributed by atoms with Crippen LogP contribution in [0.15, 0.2) is 30.6 Å². The van der Waals surface area contributed by atoms with Gasteiger partial charge in [0.15, 0.2) is 0 Å². The number of pyridine rings is 1. The molecule has 122 valence electrons. The van der Waals surface area contributed by atoms with Crippen molar-refractivity contribution in [1.29, 1.82) is 0 Å². The third-order valence-corrected chi connectivity index (χ3v) is 4.71. The van der Waals surface area contributed by atoms with E-state index in [0.717, 1.165) is 18.4 Å². The standard InChI is InChI=1S/C18H23N3O2/c22-17(8-7-15-4-3-9-19-14-15)20-10-12-21(13-11-20)18(23)16-5-1-2-6-16/h3-4,7-9,14,16H,1-2,5-6,10-13H2/b8-7+. The van der Waals surface area contributed by atoms with Crippen LogP contribution in [0.25, 0.3) is 6.08 Å². The Labute approximate surface area is 137 Å². The monoisotopic (exact) mass is 313 g/mol. The molecule has 0 bridgehead atoms. The maximum Gasteiger partial charge on any atom is 0.246 e. The molecule has 1 aliphatic carbocycles. The van der Waals surface area contributed by atoms with Gasteiger partial charge < -0.3 is 9.80 Å². The van der Waals surface area contributed by atoms with Gasteiger partial charge in [-0.1, -0.05) is 18.9 Å². The molecule has 0 spiro atoms. The van der Waals surface area contributed by atoms with Gasteiger partial charge in [-0.25, -0.2) is 0 Å². The SMILES string of the molecule is O=C(/C=C/c1cccnc1)N1CCN(C(=O)C2CCCC2)CC1. The van der Waals surface area contributed by atoms with Crippen molar-refractivity contribution in [3.05, 3.63) is 36.2 Å². The second-order valence-electron chi connectivity index (χ2n) is 6.25. The number of rotatable bonds is 3. The fourth-order valence-electron chi connectivity index (χ4n) is 3.33. The Kier molecular flexibility index (Phi) is 5.05. The number of amides is 2. The van der Waals surface area contributed by atoms with Gasteiger partial charge in [0.2, 0.25) is 11.8 Å². The minimum absolute atomic E-state index is 0.00168. The number of aromatic nitrogens is 1. The van der Waals surface area contributed by atoms with Gasteiger partial charge in [0.25, 0.3) is 0 Å². The predicted octanol–water partition coefficient (Wildman–Crippen LogP) is 1.96. The predicted molar refractivity (Wildman–Crippen MR) is 88.4 cm³/mol. The third-order valence-electron chi connectivity index (χ3n) is 4.71. The van der Waals surface area contributed by atoms with Crippen LogP contribution in [0.5, 0.6) is 0 Å². The average molecular weight is 313 g/mol. The Balaban J connectivity index is 1.49. The molecule has 1 aromatic rings. The molecular weight excluding hydrogens is 290 g/mol. The van der Waals surface area contributed by atoms with Crippen molar-refractivity contribution in [1.82, 2.24) is 14.8 Å². The molecule has 0 radical (unpaired) electrons. The van der Waals surface area contributed by atoms with Crippen molar-refractivity contribution in [3.8, 4) is 0 Å². The summed E-state index contributed by atoms with van der Waals surface area (Å²) in [6.07, 6.45) is 11.2. The van der Waals surface area contributed by atoms with Crippen molar-refractivity contribution < 1.29 is 9.59 Å². The zero-order valence-corrected chi connectivity index (χ0v) is 13.4. The van der Waals surface area contributed by atoms with Crippen molar-refractivity contribution in [3.63, 3.8) is 0 Å². The molecule has 1 aliphatic heterocycles. The summed E-state index contributed by atoms with van der Waals surface area (Å²) in [7, 11) is 0. The van der Waals surface area contributed by atoms with E-state index in [2.05, 4.69) is 4.98 Å². The highest BCUT2D eigenvalue weighted by molar-refractivity contribution is 5.92. The van der Waals surface area contributed by atoms with Crippen LogP contribution in [0.4, 0.5) is 0 Å². The van der Waals surface area contributed by atoms with Crippen LogP contribution in [-0.4, -0.2) is 52.8 Å². The Morgan fingerprint density at radius 2 is 1.78 bits per heavy atom. The van der Waals surface area contributed by atoms with Crippen molar-refractivity contribution >= 4 is 17.9 Å². The first-order chi connectivity index (χ1) is 11.2. The quantitative estimate of drug-likeness (QED) is 0.802. The minimum Gasteiger partial charge on any atom is -0.339 e. The normalized spacial score (nSPS) is 19.5. The Morgan fingerprint density at radius 3 is 2.43 bits per heavy atom. The maximum absolute atomic E-state index is 12.4. The molecule has 0 aromatic carbocycles. The summed E-state index contributed by atoms with van der Waals surface area (Å²) in [5.41, 5.74) is 0.913. The van der Waals surface area contributed by atoms with Gasteiger partial charge in [0.1, 0.15) is 0 Å². The smallest absolute Gasteiger partial charge is 0.246 e. The molecule has 2 heterocycles. The topological polar surface area (TPSA) is 53.5 Å². The van der Waals surface area contributed by atoms with E-state index in [0.29, 0.717) is 32.1 Å². The van der Waals surface area contributed by atoms with Crippen LogP contribution in [0.1, 0.15) is 31.2 Å². The fourth-order valence-corrected chi connectivity index (χ4v) is 3.33. The molecule has 3 rings (SSSR count). The van der Waals surface area contributed by atoms with Crippen LogP contribution >= 0.6 is 0 Å². The van der Waals surface area contributed by atoms with Crippen molar-refractivity contribution in [2.24, 2.45) is 5.92 Å². The summed E-state index contributed by atoms with van der Waals surface area (Å²) < 4.78 is 0. The highest BCUT2D eigenvalue weighted by atomic mass is 16.2. The van der Waals surface area contributed by atoms with E-state index in [1.807, 2.05) is 21.9 Å². The lowest BCUT2D eigenvalue weighted by atomic mass is 10.1. The van der Waals surface area contributed by atoms with Gasteiger partial charge in [0, 0.05) is 50.6 Å². The summed E-state index contributed by atoms with van der Waals surface area (Å²) in [4.78, 5) is 32.4. The molecule has 5 heteroatoms. The van der Waals surface area contributed by atoms with E-state index < -0.39 is 0 Å². The van der Waals surface area contributed by atoms with E-state index in [4.69, 9.17) is 0 Å². The van der Waals surface area contributed by atoms with Crippen LogP contribution < -0.4 is 0 Å². The van der Waals surface area contributed by atoms with Crippen molar-refractivity contribution in [2.75, 3.05) is 26.2 Å². The Bertz CT molecular complexity index is 571. The molecule has 2 amide bonds. The molecule has 5 nitrogen and oxygen atoms in total. The van der Waals surface area contributed by atoms with E-state index in [1.54, 1.807) is 24.5 Å². The number of hydrogen-bond donors (Lipinski definition) is 0. The minimum atomic E-state index is 0.00168. The highest BCUT2D eigenvalue weighted by Crippen LogP contribution is 2.26. The maximum atomic E-state index is 12.4. The lowest BCUT2D eigenvalue weighted by Crippen LogP contribution is -2.51. The number of hydrogen-bond acceptors (Lipinski definition) is 3. The molecule has 1 aromatic heterocycles. The van der Waals surface area contributed by atoms with E-state index >= 15 is 0 Å². The van der Waals surface area contributed by atoms with Gasteiger partial charge in [-0.2, -0.15) is 0 Å². The highest BCUT2D eigenvalue weighted by Gasteiger charge is 2.29. The zero-order chi connectivity index (χ0) is 16.1. The average Bonchev–Trinajstić information content (AvgIpc) is 3.15. The lowest BCUT2D eigenvalue weighted by Gasteiger charge is -2.35.